The van der Waals surface area contributed by atoms with Gasteiger partial charge in [-0.1, -0.05) is 112 Å². The van der Waals surface area contributed by atoms with Crippen LogP contribution in [0.4, 0.5) is 0 Å². The van der Waals surface area contributed by atoms with Crippen molar-refractivity contribution in [3.8, 4) is 0 Å². The molecule has 0 aliphatic carbocycles. The van der Waals surface area contributed by atoms with Crippen molar-refractivity contribution in [2.45, 2.75) is 47.7 Å². The molecule has 1 aliphatic heterocycles. The number of hydrogen-bond donors (Lipinski definition) is 0. The van der Waals surface area contributed by atoms with Crippen LogP contribution in [0.15, 0.2) is 81.2 Å². The second-order valence-corrected chi connectivity index (χ2v) is 29.4. The van der Waals surface area contributed by atoms with Gasteiger partial charge in [-0.15, -0.1) is 22.7 Å². The van der Waals surface area contributed by atoms with Gasteiger partial charge in [0.1, 0.15) is 10.8 Å². The predicted octanol–water partition coefficient (Wildman–Crippen LogP) is 3.76. The van der Waals surface area contributed by atoms with Gasteiger partial charge in [0.25, 0.3) is 0 Å². The summed E-state index contributed by atoms with van der Waals surface area (Å²) in [6.07, 6.45) is 0. The van der Waals surface area contributed by atoms with Gasteiger partial charge in [0.05, 0.1) is 24.6 Å². The Hall–Kier alpha value is -1.36. The third kappa shape index (κ3) is 3.68. The van der Waals surface area contributed by atoms with Crippen LogP contribution in [0.25, 0.3) is 0 Å². The Bertz CT molecular complexity index is 1240. The quantitative estimate of drug-likeness (QED) is 0.319. The van der Waals surface area contributed by atoms with Crippen molar-refractivity contribution >= 4 is 87.4 Å². The Morgan fingerprint density at radius 2 is 1.00 bits per heavy atom. The Labute approximate surface area is 211 Å². The molecule has 1 nitrogen and oxygen atoms in total. The summed E-state index contributed by atoms with van der Waals surface area (Å²) in [5.41, 5.74) is 0. The first-order chi connectivity index (χ1) is 15.5. The smallest absolute Gasteiger partial charge is 0.184 e. The molecule has 0 amide bonds. The van der Waals surface area contributed by atoms with Gasteiger partial charge in [-0.25, -0.2) is 4.21 Å². The van der Waals surface area contributed by atoms with Crippen LogP contribution in [0.1, 0.15) is 0 Å². The molecule has 0 N–H and O–H groups in total. The van der Waals surface area contributed by atoms with E-state index in [9.17, 15) is 4.21 Å². The van der Waals surface area contributed by atoms with E-state index < -0.39 is 35.0 Å². The SMILES string of the molecule is C[Si](C)(C)c1cc2c(s1)S(=O)c1sc([Si](C)(C)C)cc1[Si]2(c1ccccc1)c1ccccc1. The molecule has 4 aromatic rings. The van der Waals surface area contributed by atoms with Crippen molar-refractivity contribution < 1.29 is 4.21 Å². The largest absolute Gasteiger partial charge is 0.247 e. The second kappa shape index (κ2) is 8.10. The van der Waals surface area contributed by atoms with Crippen molar-refractivity contribution in [2.75, 3.05) is 0 Å². The van der Waals surface area contributed by atoms with E-state index in [1.54, 1.807) is 0 Å². The van der Waals surface area contributed by atoms with Crippen LogP contribution in [0.3, 0.4) is 0 Å². The third-order valence-corrected chi connectivity index (χ3v) is 23.5. The molecular weight excluding hydrogens is 509 g/mol. The molecule has 0 atom stereocenters. The minimum Gasteiger partial charge on any atom is -0.247 e. The van der Waals surface area contributed by atoms with E-state index in [1.165, 1.54) is 29.7 Å². The van der Waals surface area contributed by atoms with Gasteiger partial charge in [0, 0.05) is 0 Å². The van der Waals surface area contributed by atoms with Crippen molar-refractivity contribution in [2.24, 2.45) is 0 Å². The lowest BCUT2D eigenvalue weighted by molar-refractivity contribution is 0.686. The molecule has 2 aromatic heterocycles. The van der Waals surface area contributed by atoms with Crippen LogP contribution in [0.2, 0.25) is 39.3 Å². The molecule has 0 bridgehead atoms. The highest BCUT2D eigenvalue weighted by atomic mass is 32.2. The Morgan fingerprint density at radius 1 is 0.636 bits per heavy atom. The van der Waals surface area contributed by atoms with Crippen LogP contribution in [-0.2, 0) is 10.8 Å². The summed E-state index contributed by atoms with van der Waals surface area (Å²) in [7, 11) is -6.76. The van der Waals surface area contributed by atoms with Crippen molar-refractivity contribution in [1.82, 2.24) is 0 Å². The van der Waals surface area contributed by atoms with Gasteiger partial charge >= 0.3 is 0 Å². The van der Waals surface area contributed by atoms with Crippen LogP contribution in [-0.4, -0.2) is 28.4 Å². The van der Waals surface area contributed by atoms with E-state index in [2.05, 4.69) is 112 Å². The molecule has 2 aromatic carbocycles. The van der Waals surface area contributed by atoms with Crippen molar-refractivity contribution in [1.29, 1.82) is 0 Å². The van der Waals surface area contributed by atoms with Crippen molar-refractivity contribution in [3.05, 3.63) is 72.8 Å². The number of rotatable bonds is 4. The van der Waals surface area contributed by atoms with Gasteiger partial charge in [0.15, 0.2) is 8.07 Å². The summed E-state index contributed by atoms with van der Waals surface area (Å²) < 4.78 is 19.3. The van der Waals surface area contributed by atoms with E-state index >= 15 is 0 Å². The molecule has 1 aliphatic rings. The first-order valence-corrected chi connectivity index (χ1v) is 23.2. The standard InChI is InChI=1S/C26H30OS3Si3/c1-31(2,3)23-17-21-25(28-23)30(27)26-22(18-24(29-26)32(4,5)6)33(21,19-13-9-7-10-14-19)20-15-11-8-12-16-20/h7-18H,1-6H3. The van der Waals surface area contributed by atoms with Gasteiger partial charge in [-0.3, -0.25) is 0 Å². The molecule has 3 heterocycles. The number of fused-ring (bicyclic) bond motifs is 2. The topological polar surface area (TPSA) is 17.1 Å². The first-order valence-electron chi connectivity index (χ1n) is 11.4. The zero-order valence-corrected chi connectivity index (χ0v) is 25.5. The van der Waals surface area contributed by atoms with Gasteiger partial charge < -0.3 is 0 Å². The minimum absolute atomic E-state index is 1.10. The van der Waals surface area contributed by atoms with E-state index in [4.69, 9.17) is 0 Å². The summed E-state index contributed by atoms with van der Waals surface area (Å²) in [6, 6.07) is 27.2. The van der Waals surface area contributed by atoms with Crippen molar-refractivity contribution in [3.63, 3.8) is 0 Å². The first kappa shape index (κ1) is 23.4. The Balaban J connectivity index is 1.96. The molecule has 33 heavy (non-hydrogen) atoms. The lowest BCUT2D eigenvalue weighted by Crippen LogP contribution is -2.76. The van der Waals surface area contributed by atoms with E-state index in [-0.39, 0.29) is 0 Å². The average Bonchev–Trinajstić information content (AvgIpc) is 3.42. The fourth-order valence-corrected chi connectivity index (χ4v) is 20.7. The number of benzene rings is 2. The molecule has 170 valence electrons. The van der Waals surface area contributed by atoms with Gasteiger partial charge in [-0.2, -0.15) is 0 Å². The lowest BCUT2D eigenvalue weighted by atomic mass is 10.4. The summed E-state index contributed by atoms with van der Waals surface area (Å²) >= 11 is 3.67. The zero-order valence-electron chi connectivity index (χ0n) is 20.1. The van der Waals surface area contributed by atoms with Gasteiger partial charge in [0.2, 0.25) is 0 Å². The van der Waals surface area contributed by atoms with E-state index in [1.807, 2.05) is 22.7 Å². The molecule has 0 spiro atoms. The number of thiophene rings is 2. The lowest BCUT2D eigenvalue weighted by Gasteiger charge is -2.36. The molecule has 7 heteroatoms. The Morgan fingerprint density at radius 3 is 1.33 bits per heavy atom. The fraction of sp³-hybridized carbons (Fsp3) is 0.231. The molecule has 0 saturated heterocycles. The fourth-order valence-electron chi connectivity index (χ4n) is 4.68. The highest BCUT2D eigenvalue weighted by molar-refractivity contribution is 7.91. The zero-order chi connectivity index (χ0) is 23.6. The summed E-state index contributed by atoms with van der Waals surface area (Å²) in [6.45, 7) is 14.4. The highest BCUT2D eigenvalue weighted by Gasteiger charge is 2.51. The maximum atomic E-state index is 14.1. The van der Waals surface area contributed by atoms with E-state index in [0.29, 0.717) is 0 Å². The second-order valence-electron chi connectivity index (χ2n) is 10.9. The monoisotopic (exact) mass is 538 g/mol. The highest BCUT2D eigenvalue weighted by Crippen LogP contribution is 2.32. The molecular formula is C26H30OS3Si3. The third-order valence-electron chi connectivity index (χ3n) is 6.43. The molecule has 0 fully saturated rings. The maximum absolute atomic E-state index is 14.1. The van der Waals surface area contributed by atoms with Crippen LogP contribution in [0.5, 0.6) is 0 Å². The average molecular weight is 539 g/mol. The molecule has 5 rings (SSSR count). The van der Waals surface area contributed by atoms with E-state index in [0.717, 1.165) is 8.42 Å². The molecule has 0 radical (unpaired) electrons. The number of hydrogen-bond acceptors (Lipinski definition) is 3. The Kier molecular flexibility index (Phi) is 5.74. The summed E-state index contributed by atoms with van der Waals surface area (Å²) in [4.78, 5) is 0. The maximum Gasteiger partial charge on any atom is 0.184 e. The normalized spacial score (nSPS) is 15.8. The summed E-state index contributed by atoms with van der Waals surface area (Å²) in [5.74, 6) is 0. The summed E-state index contributed by atoms with van der Waals surface area (Å²) in [5, 5.41) is 5.53. The van der Waals surface area contributed by atoms with Crippen LogP contribution < -0.4 is 29.7 Å². The molecule has 0 saturated carbocycles. The van der Waals surface area contributed by atoms with Crippen LogP contribution in [0, 0.1) is 0 Å². The predicted molar refractivity (Wildman–Crippen MR) is 156 cm³/mol. The minimum atomic E-state index is -2.56. The van der Waals surface area contributed by atoms with Gasteiger partial charge in [-0.05, 0) is 29.7 Å². The molecule has 0 unspecified atom stereocenters. The van der Waals surface area contributed by atoms with Crippen LogP contribution >= 0.6 is 22.7 Å².